The highest BCUT2D eigenvalue weighted by Gasteiger charge is 2.03. The van der Waals surface area contributed by atoms with Crippen LogP contribution in [-0.4, -0.2) is 18.6 Å². The molecule has 2 N–H and O–H groups in total. The molecule has 0 unspecified atom stereocenters. The van der Waals surface area contributed by atoms with Gasteiger partial charge in [-0.1, -0.05) is 0 Å². The number of rotatable bonds is 3. The smallest absolute Gasteiger partial charge is 0.128 e. The Bertz CT molecular complexity index is 271. The summed E-state index contributed by atoms with van der Waals surface area (Å²) in [5, 5.41) is 0. The van der Waals surface area contributed by atoms with Crippen molar-refractivity contribution in [1.82, 2.24) is 4.98 Å². The first-order chi connectivity index (χ1) is 6.15. The zero-order valence-corrected chi connectivity index (χ0v) is 8.49. The van der Waals surface area contributed by atoms with Crippen LogP contribution in [0.2, 0.25) is 0 Å². The first-order valence-electron chi connectivity index (χ1n) is 4.57. The Hall–Kier alpha value is -1.09. The molecule has 1 rings (SSSR count). The van der Waals surface area contributed by atoms with Crippen LogP contribution in [0.25, 0.3) is 0 Å². The molecule has 3 heteroatoms. The molecule has 72 valence electrons. The molecule has 0 aliphatic heterocycles. The summed E-state index contributed by atoms with van der Waals surface area (Å²) in [5.74, 6) is 0.984. The Morgan fingerprint density at radius 1 is 1.62 bits per heavy atom. The van der Waals surface area contributed by atoms with Gasteiger partial charge in [-0.2, -0.15) is 0 Å². The third kappa shape index (κ3) is 2.42. The fourth-order valence-corrected chi connectivity index (χ4v) is 1.09. The van der Waals surface area contributed by atoms with Gasteiger partial charge in [-0.05, 0) is 31.5 Å². The van der Waals surface area contributed by atoms with Gasteiger partial charge in [0.25, 0.3) is 0 Å². The molecule has 13 heavy (non-hydrogen) atoms. The van der Waals surface area contributed by atoms with E-state index in [0.29, 0.717) is 0 Å². The summed E-state index contributed by atoms with van der Waals surface area (Å²) >= 11 is 0. The molecule has 0 saturated carbocycles. The van der Waals surface area contributed by atoms with Gasteiger partial charge in [0.15, 0.2) is 0 Å². The van der Waals surface area contributed by atoms with Crippen LogP contribution in [0.15, 0.2) is 18.3 Å². The van der Waals surface area contributed by atoms with Gasteiger partial charge < -0.3 is 10.6 Å². The third-order valence-electron chi connectivity index (χ3n) is 2.16. The van der Waals surface area contributed by atoms with Crippen molar-refractivity contribution in [3.8, 4) is 0 Å². The lowest BCUT2D eigenvalue weighted by molar-refractivity contribution is 0.811. The predicted molar refractivity (Wildman–Crippen MR) is 55.8 cm³/mol. The topological polar surface area (TPSA) is 42.1 Å². The fourth-order valence-electron chi connectivity index (χ4n) is 1.09. The molecule has 0 aliphatic carbocycles. The van der Waals surface area contributed by atoms with Gasteiger partial charge in [0.1, 0.15) is 5.82 Å². The Morgan fingerprint density at radius 2 is 2.31 bits per heavy atom. The van der Waals surface area contributed by atoms with Crippen LogP contribution in [0.3, 0.4) is 0 Å². The van der Waals surface area contributed by atoms with E-state index in [0.717, 1.165) is 17.9 Å². The van der Waals surface area contributed by atoms with Crippen LogP contribution in [-0.2, 0) is 0 Å². The molecule has 0 fully saturated rings. The lowest BCUT2D eigenvalue weighted by Crippen LogP contribution is -2.17. The van der Waals surface area contributed by atoms with E-state index in [1.54, 1.807) is 6.20 Å². The summed E-state index contributed by atoms with van der Waals surface area (Å²) in [4.78, 5) is 6.35. The first-order valence-corrected chi connectivity index (χ1v) is 4.57. The van der Waals surface area contributed by atoms with E-state index in [9.17, 15) is 0 Å². The largest absolute Gasteiger partial charge is 0.360 e. The van der Waals surface area contributed by atoms with Gasteiger partial charge in [0, 0.05) is 25.8 Å². The summed E-state index contributed by atoms with van der Waals surface area (Å²) in [6, 6.07) is 4.07. The second-order valence-electron chi connectivity index (χ2n) is 3.25. The van der Waals surface area contributed by atoms with Gasteiger partial charge in [0.05, 0.1) is 0 Å². The number of aromatic nitrogens is 1. The molecule has 1 aromatic heterocycles. The zero-order chi connectivity index (χ0) is 9.84. The quantitative estimate of drug-likeness (QED) is 0.765. The molecule has 3 nitrogen and oxygen atoms in total. The molecule has 0 bridgehead atoms. The highest BCUT2D eigenvalue weighted by atomic mass is 15.1. The van der Waals surface area contributed by atoms with Gasteiger partial charge in [-0.25, -0.2) is 4.98 Å². The summed E-state index contributed by atoms with van der Waals surface area (Å²) in [5.41, 5.74) is 6.91. The van der Waals surface area contributed by atoms with Gasteiger partial charge >= 0.3 is 0 Å². The molecular formula is C10H17N3. The van der Waals surface area contributed by atoms with E-state index in [2.05, 4.69) is 16.8 Å². The van der Waals surface area contributed by atoms with E-state index < -0.39 is 0 Å². The highest BCUT2D eigenvalue weighted by molar-refractivity contribution is 5.40. The lowest BCUT2D eigenvalue weighted by Gasteiger charge is -2.16. The molecule has 0 aromatic carbocycles. The summed E-state index contributed by atoms with van der Waals surface area (Å²) < 4.78 is 0. The number of nitrogens with two attached hydrogens (primary N) is 1. The maximum Gasteiger partial charge on any atom is 0.128 e. The Kier molecular flexibility index (Phi) is 3.25. The summed E-state index contributed by atoms with van der Waals surface area (Å²) in [6.07, 6.45) is 1.81. The Labute approximate surface area is 79.6 Å². The number of nitrogens with zero attached hydrogens (tertiary/aromatic N) is 2. The van der Waals surface area contributed by atoms with Crippen molar-refractivity contribution >= 4 is 5.82 Å². The van der Waals surface area contributed by atoms with E-state index in [1.165, 1.54) is 0 Å². The zero-order valence-electron chi connectivity index (χ0n) is 8.49. The molecule has 0 spiro atoms. The van der Waals surface area contributed by atoms with Crippen molar-refractivity contribution in [3.63, 3.8) is 0 Å². The molecule has 1 aromatic rings. The normalized spacial score (nSPS) is 12.6. The number of hydrogen-bond donors (Lipinski definition) is 1. The van der Waals surface area contributed by atoms with Gasteiger partial charge in [-0.15, -0.1) is 0 Å². The summed E-state index contributed by atoms with van der Waals surface area (Å²) in [6.45, 7) is 5.03. The van der Waals surface area contributed by atoms with E-state index in [1.807, 2.05) is 26.1 Å². The minimum absolute atomic E-state index is 0.0759. The monoisotopic (exact) mass is 179 g/mol. The van der Waals surface area contributed by atoms with E-state index in [4.69, 9.17) is 5.73 Å². The van der Waals surface area contributed by atoms with Crippen molar-refractivity contribution in [2.24, 2.45) is 5.73 Å². The second kappa shape index (κ2) is 4.23. The number of hydrogen-bond acceptors (Lipinski definition) is 3. The van der Waals surface area contributed by atoms with Gasteiger partial charge in [-0.3, -0.25) is 0 Å². The average molecular weight is 179 g/mol. The average Bonchev–Trinajstić information content (AvgIpc) is 2.17. The van der Waals surface area contributed by atoms with Crippen LogP contribution in [0, 0.1) is 0 Å². The molecule has 0 aliphatic rings. The van der Waals surface area contributed by atoms with Crippen LogP contribution in [0.1, 0.15) is 25.5 Å². The maximum absolute atomic E-state index is 5.78. The molecule has 0 amide bonds. The first kappa shape index (κ1) is 9.99. The van der Waals surface area contributed by atoms with Gasteiger partial charge in [0.2, 0.25) is 0 Å². The fraction of sp³-hybridized carbons (Fsp3) is 0.500. The minimum atomic E-state index is 0.0759. The van der Waals surface area contributed by atoms with Crippen molar-refractivity contribution in [2.75, 3.05) is 18.5 Å². The van der Waals surface area contributed by atoms with Crippen LogP contribution >= 0.6 is 0 Å². The van der Waals surface area contributed by atoms with E-state index in [-0.39, 0.29) is 6.04 Å². The molecule has 1 atom stereocenters. The highest BCUT2D eigenvalue weighted by Crippen LogP contribution is 2.14. The predicted octanol–water partition coefficient (Wildman–Crippen LogP) is 1.56. The van der Waals surface area contributed by atoms with Crippen molar-refractivity contribution < 1.29 is 0 Å². The lowest BCUT2D eigenvalue weighted by atomic mass is 10.1. The molecule has 1 heterocycles. The number of pyridine rings is 1. The minimum Gasteiger partial charge on any atom is -0.360 e. The molecule has 0 radical (unpaired) electrons. The van der Waals surface area contributed by atoms with Crippen molar-refractivity contribution in [3.05, 3.63) is 23.9 Å². The van der Waals surface area contributed by atoms with Crippen LogP contribution in [0.5, 0.6) is 0 Å². The molecule has 0 saturated heterocycles. The van der Waals surface area contributed by atoms with Crippen molar-refractivity contribution in [2.45, 2.75) is 19.9 Å². The van der Waals surface area contributed by atoms with Crippen LogP contribution in [0.4, 0.5) is 5.82 Å². The maximum atomic E-state index is 5.78. The third-order valence-corrected chi connectivity index (χ3v) is 2.16. The molecular weight excluding hydrogens is 162 g/mol. The Balaban J connectivity index is 2.91. The Morgan fingerprint density at radius 3 is 2.85 bits per heavy atom. The van der Waals surface area contributed by atoms with Crippen molar-refractivity contribution in [1.29, 1.82) is 0 Å². The number of anilines is 1. The van der Waals surface area contributed by atoms with E-state index >= 15 is 0 Å². The standard InChI is InChI=1S/C10H17N3/c1-4-13(3)10-7-9(8(2)11)5-6-12-10/h5-8H,4,11H2,1-3H3/t8-/m0/s1. The van der Waals surface area contributed by atoms with Crippen LogP contribution < -0.4 is 10.6 Å². The second-order valence-corrected chi connectivity index (χ2v) is 3.25. The SMILES string of the molecule is CCN(C)c1cc([C@H](C)N)ccn1. The summed E-state index contributed by atoms with van der Waals surface area (Å²) in [7, 11) is 2.02.